The van der Waals surface area contributed by atoms with Crippen molar-refractivity contribution in [3.05, 3.63) is 71.6 Å². The summed E-state index contributed by atoms with van der Waals surface area (Å²) in [6.07, 6.45) is 0. The number of nitrogens with zero attached hydrogens (tertiary/aromatic N) is 2. The van der Waals surface area contributed by atoms with E-state index in [0.717, 1.165) is 0 Å². The van der Waals surface area contributed by atoms with Crippen LogP contribution in [0.1, 0.15) is 27.9 Å². The van der Waals surface area contributed by atoms with Gasteiger partial charge in [-0.2, -0.15) is 4.98 Å². The fourth-order valence-electron chi connectivity index (χ4n) is 2.25. The number of hydrogen-bond acceptors (Lipinski definition) is 5. The molecule has 1 heterocycles. The lowest BCUT2D eigenvalue weighted by Crippen LogP contribution is -2.31. The molecule has 2 N–H and O–H groups in total. The number of hydrogen-bond donors (Lipinski definition) is 2. The van der Waals surface area contributed by atoms with E-state index in [1.165, 1.54) is 0 Å². The normalized spacial score (nSPS) is 11.9. The highest BCUT2D eigenvalue weighted by atomic mass is 19.1. The van der Waals surface area contributed by atoms with Gasteiger partial charge in [-0.3, -0.25) is 4.79 Å². The zero-order valence-corrected chi connectivity index (χ0v) is 13.2. The highest BCUT2D eigenvalue weighted by Crippen LogP contribution is 2.20. The molecule has 0 spiro atoms. The van der Waals surface area contributed by atoms with E-state index in [2.05, 4.69) is 15.5 Å². The van der Waals surface area contributed by atoms with Gasteiger partial charge in [0.25, 0.3) is 11.8 Å². The van der Waals surface area contributed by atoms with Crippen molar-refractivity contribution in [1.29, 1.82) is 0 Å². The summed E-state index contributed by atoms with van der Waals surface area (Å²) in [5.41, 5.74) is 1.66. The van der Waals surface area contributed by atoms with Crippen LogP contribution in [0.25, 0.3) is 11.4 Å². The van der Waals surface area contributed by atoms with Gasteiger partial charge in [-0.05, 0) is 17.7 Å². The van der Waals surface area contributed by atoms with Crippen LogP contribution in [0.2, 0.25) is 0 Å². The maximum absolute atomic E-state index is 12.6. The maximum Gasteiger partial charge on any atom is 0.251 e. The molecule has 0 bridgehead atoms. The third-order valence-electron chi connectivity index (χ3n) is 3.63. The van der Waals surface area contributed by atoms with E-state index in [1.807, 2.05) is 0 Å². The van der Waals surface area contributed by atoms with Crippen LogP contribution in [-0.2, 0) is 6.67 Å². The molecule has 2 aromatic carbocycles. The van der Waals surface area contributed by atoms with Crippen molar-refractivity contribution in [3.8, 4) is 11.4 Å². The molecule has 0 saturated carbocycles. The van der Waals surface area contributed by atoms with Crippen LogP contribution in [0.5, 0.6) is 0 Å². The molecular formula is C18H16FN3O3. The Kier molecular flexibility index (Phi) is 5.15. The third kappa shape index (κ3) is 3.89. The number of halogens is 1. The standard InChI is InChI=1S/C18H16FN3O3/c19-10-12-6-8-13(9-7-12)16-21-18(25-22-16)15(11-23)20-17(24)14-4-2-1-3-5-14/h1-9,15,23H,10-11H2,(H,20,24)/t15-/m0/s1. The summed E-state index contributed by atoms with van der Waals surface area (Å²) in [5.74, 6) is 0.0378. The SMILES string of the molecule is O=C(N[C@@H](CO)c1nc(-c2ccc(CF)cc2)no1)c1ccccc1. The summed E-state index contributed by atoms with van der Waals surface area (Å²) in [7, 11) is 0. The largest absolute Gasteiger partial charge is 0.394 e. The predicted molar refractivity (Wildman–Crippen MR) is 88.3 cm³/mol. The van der Waals surface area contributed by atoms with Crippen LogP contribution < -0.4 is 5.32 Å². The van der Waals surface area contributed by atoms with Crippen LogP contribution in [0, 0.1) is 0 Å². The van der Waals surface area contributed by atoms with Crippen molar-refractivity contribution in [2.24, 2.45) is 0 Å². The van der Waals surface area contributed by atoms with Crippen LogP contribution in [-0.4, -0.2) is 27.8 Å². The molecule has 128 valence electrons. The lowest BCUT2D eigenvalue weighted by Gasteiger charge is -2.11. The number of rotatable bonds is 6. The van der Waals surface area contributed by atoms with Gasteiger partial charge in [-0.25, -0.2) is 4.39 Å². The lowest BCUT2D eigenvalue weighted by atomic mass is 10.1. The number of aliphatic hydroxyl groups is 1. The van der Waals surface area contributed by atoms with Crippen LogP contribution in [0.15, 0.2) is 59.1 Å². The average Bonchev–Trinajstić information content (AvgIpc) is 3.16. The summed E-state index contributed by atoms with van der Waals surface area (Å²) < 4.78 is 17.7. The second-order valence-electron chi connectivity index (χ2n) is 5.36. The first-order valence-electron chi connectivity index (χ1n) is 7.67. The Bertz CT molecular complexity index is 834. The molecule has 1 atom stereocenters. The van der Waals surface area contributed by atoms with Gasteiger partial charge < -0.3 is 14.9 Å². The first-order chi connectivity index (χ1) is 12.2. The molecule has 1 amide bonds. The molecular weight excluding hydrogens is 325 g/mol. The molecule has 7 heteroatoms. The fourth-order valence-corrected chi connectivity index (χ4v) is 2.25. The number of aliphatic hydroxyl groups excluding tert-OH is 1. The van der Waals surface area contributed by atoms with E-state index in [0.29, 0.717) is 22.5 Å². The van der Waals surface area contributed by atoms with Gasteiger partial charge in [-0.1, -0.05) is 47.6 Å². The maximum atomic E-state index is 12.6. The molecule has 0 aliphatic carbocycles. The van der Waals surface area contributed by atoms with E-state index < -0.39 is 12.7 Å². The zero-order chi connectivity index (χ0) is 17.6. The Morgan fingerprint density at radius 3 is 2.52 bits per heavy atom. The first-order valence-corrected chi connectivity index (χ1v) is 7.67. The van der Waals surface area contributed by atoms with Crippen molar-refractivity contribution < 1.29 is 18.8 Å². The van der Waals surface area contributed by atoms with Crippen molar-refractivity contribution in [3.63, 3.8) is 0 Å². The van der Waals surface area contributed by atoms with Gasteiger partial charge in [0.05, 0.1) is 6.61 Å². The molecule has 1 aromatic heterocycles. The minimum Gasteiger partial charge on any atom is -0.394 e. The Balaban J connectivity index is 1.75. The lowest BCUT2D eigenvalue weighted by molar-refractivity contribution is 0.0901. The minimum atomic E-state index is -0.820. The van der Waals surface area contributed by atoms with E-state index in [9.17, 15) is 14.3 Å². The highest BCUT2D eigenvalue weighted by molar-refractivity contribution is 5.94. The zero-order valence-electron chi connectivity index (χ0n) is 13.2. The summed E-state index contributed by atoms with van der Waals surface area (Å²) in [6, 6.07) is 14.4. The molecule has 3 aromatic rings. The van der Waals surface area contributed by atoms with Crippen molar-refractivity contribution in [2.75, 3.05) is 6.61 Å². The van der Waals surface area contributed by atoms with Gasteiger partial charge in [0.2, 0.25) is 5.82 Å². The number of amides is 1. The molecule has 0 aliphatic rings. The number of alkyl halides is 1. The van der Waals surface area contributed by atoms with Gasteiger partial charge >= 0.3 is 0 Å². The molecule has 0 radical (unpaired) electrons. The van der Waals surface area contributed by atoms with E-state index in [-0.39, 0.29) is 18.4 Å². The fraction of sp³-hybridized carbons (Fsp3) is 0.167. The third-order valence-corrected chi connectivity index (χ3v) is 3.63. The average molecular weight is 341 g/mol. The monoisotopic (exact) mass is 341 g/mol. The summed E-state index contributed by atoms with van der Waals surface area (Å²) in [5, 5.41) is 16.0. The summed E-state index contributed by atoms with van der Waals surface area (Å²) >= 11 is 0. The van der Waals surface area contributed by atoms with Crippen LogP contribution in [0.4, 0.5) is 4.39 Å². The molecule has 0 unspecified atom stereocenters. The van der Waals surface area contributed by atoms with Crippen molar-refractivity contribution in [2.45, 2.75) is 12.7 Å². The predicted octanol–water partition coefficient (Wildman–Crippen LogP) is 2.67. The van der Waals surface area contributed by atoms with E-state index in [4.69, 9.17) is 4.52 Å². The topological polar surface area (TPSA) is 88.2 Å². The van der Waals surface area contributed by atoms with Gasteiger partial charge in [-0.15, -0.1) is 0 Å². The van der Waals surface area contributed by atoms with E-state index >= 15 is 0 Å². The second-order valence-corrected chi connectivity index (χ2v) is 5.36. The quantitative estimate of drug-likeness (QED) is 0.720. The Labute approximate surface area is 143 Å². The van der Waals surface area contributed by atoms with Crippen molar-refractivity contribution in [1.82, 2.24) is 15.5 Å². The van der Waals surface area contributed by atoms with Gasteiger partial charge in [0, 0.05) is 11.1 Å². The van der Waals surface area contributed by atoms with Crippen molar-refractivity contribution >= 4 is 5.91 Å². The van der Waals surface area contributed by atoms with Gasteiger partial charge in [0.1, 0.15) is 12.7 Å². The number of carbonyl (C=O) groups excluding carboxylic acids is 1. The molecule has 0 saturated heterocycles. The number of nitrogens with one attached hydrogen (secondary N) is 1. The molecule has 3 rings (SSSR count). The molecule has 0 aliphatic heterocycles. The summed E-state index contributed by atoms with van der Waals surface area (Å²) in [4.78, 5) is 16.4. The summed E-state index contributed by atoms with van der Waals surface area (Å²) in [6.45, 7) is -0.934. The molecule has 6 nitrogen and oxygen atoms in total. The smallest absolute Gasteiger partial charge is 0.251 e. The Morgan fingerprint density at radius 1 is 1.16 bits per heavy atom. The number of carbonyl (C=O) groups is 1. The second kappa shape index (κ2) is 7.67. The van der Waals surface area contributed by atoms with Crippen LogP contribution >= 0.6 is 0 Å². The van der Waals surface area contributed by atoms with E-state index in [1.54, 1.807) is 54.6 Å². The number of benzene rings is 2. The molecule has 0 fully saturated rings. The molecule has 25 heavy (non-hydrogen) atoms. The highest BCUT2D eigenvalue weighted by Gasteiger charge is 2.21. The van der Waals surface area contributed by atoms with Crippen LogP contribution in [0.3, 0.4) is 0 Å². The van der Waals surface area contributed by atoms with Gasteiger partial charge in [0.15, 0.2) is 0 Å². The first kappa shape index (κ1) is 16.8. The number of aromatic nitrogens is 2. The minimum absolute atomic E-state index is 0.0938. The Hall–Kier alpha value is -3.06. The Morgan fingerprint density at radius 2 is 1.88 bits per heavy atom.